The number of hydrogen-bond acceptors (Lipinski definition) is 1. The first-order valence-electron chi connectivity index (χ1n) is 7.47. The Balaban J connectivity index is 2.03. The molecule has 0 fully saturated rings. The van der Waals surface area contributed by atoms with Gasteiger partial charge >= 0.3 is 5.82 Å². The van der Waals surface area contributed by atoms with E-state index in [0.717, 1.165) is 11.3 Å². The van der Waals surface area contributed by atoms with E-state index in [1.54, 1.807) is 0 Å². The minimum Gasteiger partial charge on any atom is -0.232 e. The molecule has 4 aromatic rings. The fourth-order valence-electron chi connectivity index (χ4n) is 2.98. The Bertz CT molecular complexity index is 1000. The van der Waals surface area contributed by atoms with Gasteiger partial charge in [-0.3, -0.25) is 0 Å². The van der Waals surface area contributed by atoms with Crippen LogP contribution < -0.4 is 4.57 Å². The molecule has 0 aliphatic carbocycles. The predicted molar refractivity (Wildman–Crippen MR) is 90.6 cm³/mol. The van der Waals surface area contributed by atoms with Crippen LogP contribution in [0.3, 0.4) is 0 Å². The van der Waals surface area contributed by atoms with Crippen molar-refractivity contribution in [2.75, 3.05) is 0 Å². The maximum atomic E-state index is 4.92. The molecule has 0 saturated carbocycles. The van der Waals surface area contributed by atoms with Crippen LogP contribution >= 0.6 is 0 Å². The van der Waals surface area contributed by atoms with Crippen molar-refractivity contribution in [2.24, 2.45) is 7.05 Å². The molecule has 0 bridgehead atoms. The largest absolute Gasteiger partial charge is 0.331 e. The fraction of sp³-hybridized carbons (Fsp3) is 0.100. The lowest BCUT2D eigenvalue weighted by Gasteiger charge is -2.05. The quantitative estimate of drug-likeness (QED) is 0.378. The number of fused-ring (bicyclic) bond motifs is 2. The zero-order chi connectivity index (χ0) is 15.1. The molecule has 2 heteroatoms. The van der Waals surface area contributed by atoms with E-state index in [0.29, 0.717) is 0 Å². The van der Waals surface area contributed by atoms with Crippen LogP contribution in [0.5, 0.6) is 0 Å². The second-order valence-corrected chi connectivity index (χ2v) is 5.75. The number of rotatable bonds is 1. The fourth-order valence-corrected chi connectivity index (χ4v) is 2.98. The molecule has 1 aromatic heterocycles. The zero-order valence-corrected chi connectivity index (χ0v) is 12.7. The molecule has 2 nitrogen and oxygen atoms in total. The highest BCUT2D eigenvalue weighted by Crippen LogP contribution is 2.24. The van der Waals surface area contributed by atoms with Crippen molar-refractivity contribution in [2.45, 2.75) is 6.92 Å². The van der Waals surface area contributed by atoms with E-state index in [9.17, 15) is 0 Å². The highest BCUT2D eigenvalue weighted by Gasteiger charge is 2.17. The molecule has 0 amide bonds. The van der Waals surface area contributed by atoms with Crippen LogP contribution in [0, 0.1) is 6.92 Å². The number of hydrogen-bond donors (Lipinski definition) is 0. The van der Waals surface area contributed by atoms with Gasteiger partial charge in [-0.25, -0.2) is 4.57 Å². The Morgan fingerprint density at radius 1 is 0.818 bits per heavy atom. The minimum atomic E-state index is 1.00. The third-order valence-electron chi connectivity index (χ3n) is 4.17. The molecule has 0 atom stereocenters. The summed E-state index contributed by atoms with van der Waals surface area (Å²) >= 11 is 0. The van der Waals surface area contributed by atoms with Crippen LogP contribution in [0.25, 0.3) is 33.1 Å². The second-order valence-electron chi connectivity index (χ2n) is 5.75. The van der Waals surface area contributed by atoms with Gasteiger partial charge in [0, 0.05) is 0 Å². The lowest BCUT2D eigenvalue weighted by atomic mass is 10.1. The molecule has 3 aromatic carbocycles. The van der Waals surface area contributed by atoms with Gasteiger partial charge in [-0.05, 0) is 46.4 Å². The first-order chi connectivity index (χ1) is 10.7. The average molecular weight is 285 g/mol. The second kappa shape index (κ2) is 4.92. The molecule has 22 heavy (non-hydrogen) atoms. The Morgan fingerprint density at radius 2 is 1.50 bits per heavy atom. The van der Waals surface area contributed by atoms with Crippen LogP contribution in [0.1, 0.15) is 5.56 Å². The first-order valence-corrected chi connectivity index (χ1v) is 7.47. The molecule has 4 rings (SSSR count). The van der Waals surface area contributed by atoms with Crippen molar-refractivity contribution in [1.82, 2.24) is 4.98 Å². The maximum Gasteiger partial charge on any atom is 0.331 e. The van der Waals surface area contributed by atoms with Gasteiger partial charge in [0.25, 0.3) is 0 Å². The van der Waals surface area contributed by atoms with Crippen LogP contribution in [-0.4, -0.2) is 4.98 Å². The van der Waals surface area contributed by atoms with Crippen molar-refractivity contribution >= 4 is 21.7 Å². The Kier molecular flexibility index (Phi) is 2.90. The summed E-state index contributed by atoms with van der Waals surface area (Å²) in [7, 11) is 2.06. The van der Waals surface area contributed by atoms with E-state index in [4.69, 9.17) is 4.98 Å². The van der Waals surface area contributed by atoms with Crippen LogP contribution in [0.4, 0.5) is 0 Å². The van der Waals surface area contributed by atoms with Gasteiger partial charge in [0.2, 0.25) is 0 Å². The van der Waals surface area contributed by atoms with E-state index >= 15 is 0 Å². The monoisotopic (exact) mass is 285 g/mol. The Morgan fingerprint density at radius 3 is 2.27 bits per heavy atom. The molecule has 0 saturated heterocycles. The van der Waals surface area contributed by atoms with Crippen LogP contribution in [0.15, 0.2) is 66.9 Å². The maximum absolute atomic E-state index is 4.92. The van der Waals surface area contributed by atoms with Gasteiger partial charge in [-0.15, -0.1) is 0 Å². The first kappa shape index (κ1) is 13.0. The van der Waals surface area contributed by atoms with E-state index in [1.165, 1.54) is 27.3 Å². The van der Waals surface area contributed by atoms with E-state index in [2.05, 4.69) is 85.4 Å². The number of nitrogens with zero attached hydrogens (tertiary/aromatic N) is 2. The third kappa shape index (κ3) is 2.04. The highest BCUT2D eigenvalue weighted by molar-refractivity contribution is 5.96. The summed E-state index contributed by atoms with van der Waals surface area (Å²) < 4.78 is 2.11. The van der Waals surface area contributed by atoms with Crippen molar-refractivity contribution < 1.29 is 4.57 Å². The van der Waals surface area contributed by atoms with Crippen molar-refractivity contribution in [3.8, 4) is 11.4 Å². The van der Waals surface area contributed by atoms with Gasteiger partial charge in [-0.1, -0.05) is 42.5 Å². The van der Waals surface area contributed by atoms with Gasteiger partial charge in [0.1, 0.15) is 6.20 Å². The summed E-state index contributed by atoms with van der Waals surface area (Å²) in [4.78, 5) is 4.92. The lowest BCUT2D eigenvalue weighted by molar-refractivity contribution is -0.661. The molecule has 106 valence electrons. The van der Waals surface area contributed by atoms with E-state index in [-0.39, 0.29) is 0 Å². The average Bonchev–Trinajstić information content (AvgIpc) is 2.53. The molecule has 1 heterocycles. The number of aryl methyl sites for hydroxylation is 2. The summed E-state index contributed by atoms with van der Waals surface area (Å²) in [5.74, 6) is 1.00. The van der Waals surface area contributed by atoms with Gasteiger partial charge in [0.15, 0.2) is 5.52 Å². The summed E-state index contributed by atoms with van der Waals surface area (Å²) in [5, 5.41) is 3.64. The summed E-state index contributed by atoms with van der Waals surface area (Å²) in [5.41, 5.74) is 3.46. The topological polar surface area (TPSA) is 16.8 Å². The zero-order valence-electron chi connectivity index (χ0n) is 12.7. The standard InChI is InChI=1S/C20H17N2/c1-14-7-3-6-10-18(14)20-21-19-12-16-9-5-4-8-15(16)11-17(19)13-22(20)2/h3-13H,1-2H3/q+1. The Labute approximate surface area is 129 Å². The van der Waals surface area contributed by atoms with Crippen molar-refractivity contribution in [3.05, 3.63) is 72.4 Å². The molecule has 0 N–H and O–H groups in total. The third-order valence-corrected chi connectivity index (χ3v) is 4.17. The summed E-state index contributed by atoms with van der Waals surface area (Å²) in [6.45, 7) is 2.13. The Hall–Kier alpha value is -2.74. The smallest absolute Gasteiger partial charge is 0.232 e. The van der Waals surface area contributed by atoms with E-state index < -0.39 is 0 Å². The number of aromatic nitrogens is 2. The van der Waals surface area contributed by atoms with Gasteiger partial charge < -0.3 is 0 Å². The highest BCUT2D eigenvalue weighted by atomic mass is 15.0. The SMILES string of the molecule is Cc1ccccc1-c1nc2cc3ccccc3cc2c[n+]1C. The molecular formula is C20H17N2+. The van der Waals surface area contributed by atoms with Gasteiger partial charge in [-0.2, -0.15) is 0 Å². The molecule has 0 aliphatic rings. The number of benzene rings is 3. The van der Waals surface area contributed by atoms with Crippen molar-refractivity contribution in [1.29, 1.82) is 0 Å². The summed E-state index contributed by atoms with van der Waals surface area (Å²) in [6.07, 6.45) is 2.16. The molecule has 0 spiro atoms. The predicted octanol–water partition coefficient (Wildman–Crippen LogP) is 4.19. The normalized spacial score (nSPS) is 11.2. The minimum absolute atomic E-state index is 1.00. The molecule has 0 radical (unpaired) electrons. The molecular weight excluding hydrogens is 268 g/mol. The van der Waals surface area contributed by atoms with Crippen LogP contribution in [0.2, 0.25) is 0 Å². The molecule has 0 unspecified atom stereocenters. The van der Waals surface area contributed by atoms with Crippen LogP contribution in [-0.2, 0) is 7.05 Å². The molecule has 0 aliphatic heterocycles. The van der Waals surface area contributed by atoms with Gasteiger partial charge in [0.05, 0.1) is 18.0 Å². The van der Waals surface area contributed by atoms with E-state index in [1.807, 2.05) is 0 Å². The van der Waals surface area contributed by atoms with Crippen molar-refractivity contribution in [3.63, 3.8) is 0 Å². The summed E-state index contributed by atoms with van der Waals surface area (Å²) in [6, 6.07) is 21.2. The lowest BCUT2D eigenvalue weighted by Crippen LogP contribution is -2.32.